The first-order chi connectivity index (χ1) is 13.5. The lowest BCUT2D eigenvalue weighted by Crippen LogP contribution is -2.31. The van der Waals surface area contributed by atoms with E-state index in [1.807, 2.05) is 30.3 Å². The normalized spacial score (nSPS) is 17.8. The van der Waals surface area contributed by atoms with Crippen LogP contribution < -0.4 is 15.2 Å². The van der Waals surface area contributed by atoms with Gasteiger partial charge >= 0.3 is 0 Å². The van der Waals surface area contributed by atoms with Crippen molar-refractivity contribution in [2.24, 2.45) is 10.2 Å². The highest BCUT2D eigenvalue weighted by atomic mass is 35.5. The molecule has 0 aliphatic carbocycles. The molecule has 7 nitrogen and oxygen atoms in total. The number of nitrogens with one attached hydrogen (secondary N) is 1. The van der Waals surface area contributed by atoms with Gasteiger partial charge in [-0.1, -0.05) is 47.6 Å². The van der Waals surface area contributed by atoms with E-state index in [9.17, 15) is 14.7 Å². The van der Waals surface area contributed by atoms with Gasteiger partial charge in [-0.3, -0.25) is 4.79 Å². The summed E-state index contributed by atoms with van der Waals surface area (Å²) in [4.78, 5) is 22.2. The van der Waals surface area contributed by atoms with Gasteiger partial charge in [-0.2, -0.15) is 5.10 Å². The van der Waals surface area contributed by atoms with Gasteiger partial charge in [-0.25, -0.2) is 0 Å². The zero-order chi connectivity index (χ0) is 19.9. The fourth-order valence-corrected chi connectivity index (χ4v) is 3.35. The van der Waals surface area contributed by atoms with Gasteiger partial charge in [0.15, 0.2) is 5.17 Å². The number of hydrogen-bond donors (Lipinski definition) is 1. The summed E-state index contributed by atoms with van der Waals surface area (Å²) in [6, 6.07) is 14.7. The smallest absolute Gasteiger partial charge is 0.239 e. The van der Waals surface area contributed by atoms with Crippen molar-refractivity contribution in [1.29, 1.82) is 0 Å². The lowest BCUT2D eigenvalue weighted by Gasteiger charge is -2.07. The molecule has 1 aliphatic rings. The average molecular weight is 417 g/mol. The van der Waals surface area contributed by atoms with Gasteiger partial charge in [0.2, 0.25) is 5.91 Å². The summed E-state index contributed by atoms with van der Waals surface area (Å²) < 4.78 is 5.75. The number of ether oxygens (including phenoxy) is 1. The van der Waals surface area contributed by atoms with E-state index in [2.05, 4.69) is 15.5 Å². The first-order valence-electron chi connectivity index (χ1n) is 8.25. The minimum absolute atomic E-state index is 0.252. The first kappa shape index (κ1) is 19.9. The third-order valence-corrected chi connectivity index (χ3v) is 4.98. The molecule has 0 bridgehead atoms. The average Bonchev–Trinajstić information content (AvgIpc) is 3.00. The first-order valence-corrected chi connectivity index (χ1v) is 9.51. The lowest BCUT2D eigenvalue weighted by molar-refractivity contribution is -0.305. The van der Waals surface area contributed by atoms with E-state index in [4.69, 9.17) is 16.3 Å². The highest BCUT2D eigenvalue weighted by Gasteiger charge is 2.30. The molecule has 0 spiro atoms. The number of carboxylic acids is 1. The molecular formula is C19H15ClN3O4S-. The number of benzene rings is 2. The third kappa shape index (κ3) is 5.83. The van der Waals surface area contributed by atoms with Gasteiger partial charge in [-0.15, -0.1) is 5.10 Å². The Morgan fingerprint density at radius 2 is 2.07 bits per heavy atom. The van der Waals surface area contributed by atoms with Gasteiger partial charge in [-0.05, 0) is 35.4 Å². The molecule has 1 fully saturated rings. The highest BCUT2D eigenvalue weighted by Crippen LogP contribution is 2.22. The number of halogens is 1. The highest BCUT2D eigenvalue weighted by molar-refractivity contribution is 8.15. The number of amides is 1. The van der Waals surface area contributed by atoms with Gasteiger partial charge in [0, 0.05) is 17.4 Å². The predicted octanol–water partition coefficient (Wildman–Crippen LogP) is 1.98. The van der Waals surface area contributed by atoms with Crippen LogP contribution >= 0.6 is 23.4 Å². The maximum Gasteiger partial charge on any atom is 0.239 e. The van der Waals surface area contributed by atoms with Crippen LogP contribution in [0.5, 0.6) is 5.75 Å². The largest absolute Gasteiger partial charge is 0.550 e. The van der Waals surface area contributed by atoms with E-state index >= 15 is 0 Å². The van der Waals surface area contributed by atoms with Crippen LogP contribution in [0.15, 0.2) is 58.7 Å². The maximum atomic E-state index is 11.6. The van der Waals surface area contributed by atoms with Crippen molar-refractivity contribution in [2.45, 2.75) is 18.3 Å². The third-order valence-electron chi connectivity index (χ3n) is 3.66. The molecule has 0 radical (unpaired) electrons. The SMILES string of the molecule is O=C([O-])C[C@@H]1S/C(=N\N=C/c2cccc(OCc3ccc(Cl)cc3)c2)NC1=O. The molecule has 2 aromatic rings. The van der Waals surface area contributed by atoms with E-state index in [-0.39, 0.29) is 11.6 Å². The molecule has 3 rings (SSSR count). The minimum atomic E-state index is -1.28. The monoisotopic (exact) mass is 416 g/mol. The Balaban J connectivity index is 1.57. The molecule has 9 heteroatoms. The van der Waals surface area contributed by atoms with Crippen LogP contribution in [0, 0.1) is 0 Å². The molecule has 1 amide bonds. The number of nitrogens with zero attached hydrogens (tertiary/aromatic N) is 2. The van der Waals surface area contributed by atoms with E-state index in [0.717, 1.165) is 22.9 Å². The molecule has 28 heavy (non-hydrogen) atoms. The van der Waals surface area contributed by atoms with Crippen LogP contribution in [0.1, 0.15) is 17.5 Å². The second kappa shape index (κ2) is 9.38. The summed E-state index contributed by atoms with van der Waals surface area (Å²) in [5, 5.41) is 21.1. The Bertz CT molecular complexity index is 931. The summed E-state index contributed by atoms with van der Waals surface area (Å²) >= 11 is 6.88. The van der Waals surface area contributed by atoms with Crippen LogP contribution in [-0.4, -0.2) is 28.5 Å². The van der Waals surface area contributed by atoms with E-state index in [0.29, 0.717) is 17.4 Å². The summed E-state index contributed by atoms with van der Waals surface area (Å²) in [5.74, 6) is -1.03. The van der Waals surface area contributed by atoms with Crippen molar-refractivity contribution in [1.82, 2.24) is 5.32 Å². The Hall–Kier alpha value is -2.84. The molecular weight excluding hydrogens is 402 g/mol. The summed E-state index contributed by atoms with van der Waals surface area (Å²) in [7, 11) is 0. The van der Waals surface area contributed by atoms with Crippen molar-refractivity contribution >= 4 is 46.6 Å². The molecule has 0 aromatic heterocycles. The lowest BCUT2D eigenvalue weighted by atomic mass is 10.2. The van der Waals surface area contributed by atoms with Gasteiger partial charge in [0.1, 0.15) is 12.4 Å². The second-order valence-electron chi connectivity index (χ2n) is 5.81. The topological polar surface area (TPSA) is 103 Å². The van der Waals surface area contributed by atoms with E-state index < -0.39 is 17.1 Å². The molecule has 144 valence electrons. The molecule has 1 atom stereocenters. The standard InChI is InChI=1S/C19H16ClN3O4S/c20-14-6-4-12(5-7-14)11-27-15-3-1-2-13(8-15)10-21-23-19-22-18(26)16(28-19)9-17(24)25/h1-8,10,16H,9,11H2,(H,24,25)(H,22,23,26)/p-1/b21-10-/t16-/m0/s1. The number of rotatable bonds is 7. The summed E-state index contributed by atoms with van der Waals surface area (Å²) in [5.41, 5.74) is 1.76. The Kier molecular flexibility index (Phi) is 6.67. The molecule has 1 N–H and O–H groups in total. The summed E-state index contributed by atoms with van der Waals surface area (Å²) in [6.45, 7) is 0.405. The zero-order valence-electron chi connectivity index (χ0n) is 14.5. The maximum absolute atomic E-state index is 11.6. The number of carbonyl (C=O) groups excluding carboxylic acids is 2. The van der Waals surface area contributed by atoms with Crippen molar-refractivity contribution in [3.63, 3.8) is 0 Å². The fraction of sp³-hybridized carbons (Fsp3) is 0.158. The second-order valence-corrected chi connectivity index (χ2v) is 7.44. The van der Waals surface area contributed by atoms with Crippen molar-refractivity contribution in [3.05, 3.63) is 64.7 Å². The van der Waals surface area contributed by atoms with Crippen molar-refractivity contribution in [2.75, 3.05) is 0 Å². The number of aliphatic carboxylic acids is 1. The number of amidine groups is 1. The number of hydrogen-bond acceptors (Lipinski definition) is 7. The van der Waals surface area contributed by atoms with Gasteiger partial charge < -0.3 is 20.0 Å². The quantitative estimate of drug-likeness (QED) is 0.549. The van der Waals surface area contributed by atoms with Crippen LogP contribution in [0.4, 0.5) is 0 Å². The summed E-state index contributed by atoms with van der Waals surface area (Å²) in [6.07, 6.45) is 1.15. The molecule has 1 saturated heterocycles. The van der Waals surface area contributed by atoms with Crippen LogP contribution in [0.2, 0.25) is 5.02 Å². The fourth-order valence-electron chi connectivity index (χ4n) is 2.32. The minimum Gasteiger partial charge on any atom is -0.550 e. The molecule has 0 unspecified atom stereocenters. The number of thioether (sulfide) groups is 1. The Morgan fingerprint density at radius 3 is 2.82 bits per heavy atom. The predicted molar refractivity (Wildman–Crippen MR) is 106 cm³/mol. The van der Waals surface area contributed by atoms with Crippen LogP contribution in [0.3, 0.4) is 0 Å². The molecule has 2 aromatic carbocycles. The van der Waals surface area contributed by atoms with Crippen LogP contribution in [0.25, 0.3) is 0 Å². The van der Waals surface area contributed by atoms with Gasteiger partial charge in [0.25, 0.3) is 0 Å². The van der Waals surface area contributed by atoms with Gasteiger partial charge in [0.05, 0.1) is 11.5 Å². The molecule has 0 saturated carbocycles. The molecule has 1 heterocycles. The molecule has 1 aliphatic heterocycles. The zero-order valence-corrected chi connectivity index (χ0v) is 16.1. The van der Waals surface area contributed by atoms with Crippen molar-refractivity contribution in [3.8, 4) is 5.75 Å². The van der Waals surface area contributed by atoms with Crippen molar-refractivity contribution < 1.29 is 19.4 Å². The number of carbonyl (C=O) groups is 2. The van der Waals surface area contributed by atoms with Crippen LogP contribution in [-0.2, 0) is 16.2 Å². The Morgan fingerprint density at radius 1 is 1.29 bits per heavy atom. The number of carboxylic acid groups (broad SMARTS) is 1. The van der Waals surface area contributed by atoms with E-state index in [1.165, 1.54) is 6.21 Å². The van der Waals surface area contributed by atoms with E-state index in [1.54, 1.807) is 18.2 Å². The Labute approximate surface area is 170 Å².